The highest BCUT2D eigenvalue weighted by Crippen LogP contribution is 2.38. The van der Waals surface area contributed by atoms with Crippen molar-refractivity contribution in [3.05, 3.63) is 70.0 Å². The fourth-order valence-electron chi connectivity index (χ4n) is 4.85. The molecule has 1 aliphatic heterocycles. The molecule has 0 aliphatic carbocycles. The second-order valence-electron chi connectivity index (χ2n) is 10.7. The molecule has 1 saturated heterocycles. The van der Waals surface area contributed by atoms with E-state index in [0.717, 1.165) is 4.90 Å². The van der Waals surface area contributed by atoms with Gasteiger partial charge in [0.1, 0.15) is 5.82 Å². The van der Waals surface area contributed by atoms with Gasteiger partial charge in [0.05, 0.1) is 28.5 Å². The van der Waals surface area contributed by atoms with Gasteiger partial charge in [0.25, 0.3) is 0 Å². The summed E-state index contributed by atoms with van der Waals surface area (Å²) in [5.74, 6) is -0.503. The van der Waals surface area contributed by atoms with E-state index in [9.17, 15) is 44.8 Å². The number of benzene rings is 2. The Morgan fingerprint density at radius 2 is 1.62 bits per heavy atom. The number of rotatable bonds is 6. The molecule has 2 aromatic carbocycles. The van der Waals surface area contributed by atoms with E-state index < -0.39 is 69.6 Å². The Labute approximate surface area is 230 Å². The number of piperidine rings is 1. The standard InChI is InChI=1S/C27H31F7N2O3S/c1-16-9-20(28)5-6-22(16)23-13-21(40(39)15-25(2,3)38)7-8-36(23)24(37)35(4)14-17-10-18(26(29,30)31)12-19(11-17)27(32,33)34/h5-6,9-12,21,23,38H,7-8,13-15H2,1-4H3/t21-,23+,40?/m0/s1. The number of carbonyl (C=O) groups is 1. The van der Waals surface area contributed by atoms with Crippen LogP contribution in [0, 0.1) is 12.7 Å². The second kappa shape index (κ2) is 11.7. The molecule has 2 amide bonds. The highest BCUT2D eigenvalue weighted by molar-refractivity contribution is 7.85. The van der Waals surface area contributed by atoms with E-state index in [1.807, 2.05) is 0 Å². The molecular formula is C27H31F7N2O3S. The van der Waals surface area contributed by atoms with Crippen LogP contribution in [0.3, 0.4) is 0 Å². The molecule has 0 radical (unpaired) electrons. The van der Waals surface area contributed by atoms with Crippen molar-refractivity contribution in [3.63, 3.8) is 0 Å². The summed E-state index contributed by atoms with van der Waals surface area (Å²) in [6.45, 7) is 4.24. The van der Waals surface area contributed by atoms with Crippen molar-refractivity contribution in [2.45, 2.75) is 69.4 Å². The van der Waals surface area contributed by atoms with E-state index in [2.05, 4.69) is 0 Å². The normalized spacial score (nSPS) is 19.4. The number of hydrogen-bond donors (Lipinski definition) is 1. The summed E-state index contributed by atoms with van der Waals surface area (Å²) in [5, 5.41) is 9.71. The zero-order valence-corrected chi connectivity index (χ0v) is 23.2. The van der Waals surface area contributed by atoms with E-state index in [0.29, 0.717) is 29.7 Å². The molecule has 40 heavy (non-hydrogen) atoms. The summed E-state index contributed by atoms with van der Waals surface area (Å²) in [6.07, 6.45) is -9.55. The highest BCUT2D eigenvalue weighted by atomic mass is 32.2. The molecule has 5 nitrogen and oxygen atoms in total. The summed E-state index contributed by atoms with van der Waals surface area (Å²) < 4.78 is 107. The number of hydrogen-bond acceptors (Lipinski definition) is 3. The lowest BCUT2D eigenvalue weighted by molar-refractivity contribution is -0.143. The Bertz CT molecular complexity index is 1230. The predicted octanol–water partition coefficient (Wildman–Crippen LogP) is 6.45. The van der Waals surface area contributed by atoms with Gasteiger partial charge in [-0.15, -0.1) is 0 Å². The van der Waals surface area contributed by atoms with Crippen molar-refractivity contribution in [2.75, 3.05) is 19.3 Å². The van der Waals surface area contributed by atoms with Crippen LogP contribution in [0.5, 0.6) is 0 Å². The lowest BCUT2D eigenvalue weighted by Crippen LogP contribution is -2.49. The fraction of sp³-hybridized carbons (Fsp3) is 0.519. The lowest BCUT2D eigenvalue weighted by atomic mass is 9.92. The van der Waals surface area contributed by atoms with Gasteiger partial charge in [0, 0.05) is 36.2 Å². The molecule has 222 valence electrons. The number of alkyl halides is 6. The SMILES string of the molecule is Cc1cc(F)ccc1[C@H]1C[C@@H](S(=O)CC(C)(C)O)CCN1C(=O)N(C)Cc1cc(C(F)(F)F)cc(C(F)(F)F)c1. The van der Waals surface area contributed by atoms with Gasteiger partial charge in [0.2, 0.25) is 0 Å². The van der Waals surface area contributed by atoms with Crippen molar-refractivity contribution in [2.24, 2.45) is 0 Å². The zero-order valence-electron chi connectivity index (χ0n) is 22.4. The van der Waals surface area contributed by atoms with Crippen LogP contribution in [0.2, 0.25) is 0 Å². The molecule has 0 aromatic heterocycles. The first-order valence-electron chi connectivity index (χ1n) is 12.4. The van der Waals surface area contributed by atoms with Crippen LogP contribution >= 0.6 is 0 Å². The maximum Gasteiger partial charge on any atom is 0.416 e. The van der Waals surface area contributed by atoms with E-state index >= 15 is 0 Å². The minimum absolute atomic E-state index is 0.00226. The Hall–Kier alpha value is -2.67. The van der Waals surface area contributed by atoms with Crippen LogP contribution in [0.25, 0.3) is 0 Å². The summed E-state index contributed by atoms with van der Waals surface area (Å²) in [5.41, 5.74) is -3.41. The number of aryl methyl sites for hydroxylation is 1. The molecule has 1 aliphatic rings. The van der Waals surface area contributed by atoms with Crippen LogP contribution in [-0.4, -0.2) is 55.3 Å². The molecule has 3 rings (SSSR count). The quantitative estimate of drug-likeness (QED) is 0.390. The fourth-order valence-corrected chi connectivity index (χ4v) is 6.54. The van der Waals surface area contributed by atoms with Crippen molar-refractivity contribution in [1.82, 2.24) is 9.80 Å². The molecular weight excluding hydrogens is 565 g/mol. The summed E-state index contributed by atoms with van der Waals surface area (Å²) >= 11 is 0. The van der Waals surface area contributed by atoms with Gasteiger partial charge in [-0.1, -0.05) is 6.07 Å². The maximum atomic E-state index is 13.8. The third kappa shape index (κ3) is 7.96. The van der Waals surface area contributed by atoms with Crippen molar-refractivity contribution in [3.8, 4) is 0 Å². The predicted molar refractivity (Wildman–Crippen MR) is 136 cm³/mol. The largest absolute Gasteiger partial charge is 0.416 e. The molecule has 3 atom stereocenters. The molecule has 1 fully saturated rings. The third-order valence-corrected chi connectivity index (χ3v) is 8.81. The van der Waals surface area contributed by atoms with Gasteiger partial charge in [-0.25, -0.2) is 9.18 Å². The minimum atomic E-state index is -5.02. The van der Waals surface area contributed by atoms with Crippen LogP contribution in [0.4, 0.5) is 35.5 Å². The summed E-state index contributed by atoms with van der Waals surface area (Å²) in [7, 11) is -0.196. The smallest absolute Gasteiger partial charge is 0.390 e. The van der Waals surface area contributed by atoms with E-state index in [1.54, 1.807) is 6.92 Å². The zero-order chi connectivity index (χ0) is 30.2. The van der Waals surface area contributed by atoms with Gasteiger partial charge >= 0.3 is 18.4 Å². The first kappa shape index (κ1) is 31.9. The molecule has 1 unspecified atom stereocenters. The highest BCUT2D eigenvalue weighted by Gasteiger charge is 2.39. The van der Waals surface area contributed by atoms with E-state index in [1.165, 1.54) is 44.0 Å². The number of carbonyl (C=O) groups excluding carboxylic acids is 1. The van der Waals surface area contributed by atoms with Crippen molar-refractivity contribution >= 4 is 16.8 Å². The van der Waals surface area contributed by atoms with Gasteiger partial charge < -0.3 is 14.9 Å². The summed E-state index contributed by atoms with van der Waals surface area (Å²) in [4.78, 5) is 16.0. The van der Waals surface area contributed by atoms with Gasteiger partial charge in [0.15, 0.2) is 0 Å². The van der Waals surface area contributed by atoms with E-state index in [-0.39, 0.29) is 30.3 Å². The Balaban J connectivity index is 1.92. The Morgan fingerprint density at radius 1 is 1.05 bits per heavy atom. The molecule has 1 heterocycles. The lowest BCUT2D eigenvalue weighted by Gasteiger charge is -2.42. The van der Waals surface area contributed by atoms with Crippen LogP contribution in [0.15, 0.2) is 36.4 Å². The maximum absolute atomic E-state index is 13.8. The van der Waals surface area contributed by atoms with Crippen molar-refractivity contribution < 1.29 is 44.8 Å². The van der Waals surface area contributed by atoms with Gasteiger partial charge in [-0.05, 0) is 80.6 Å². The summed E-state index contributed by atoms with van der Waals surface area (Å²) in [6, 6.07) is 3.82. The monoisotopic (exact) mass is 596 g/mol. The van der Waals surface area contributed by atoms with Crippen LogP contribution in [-0.2, 0) is 29.7 Å². The molecule has 0 bridgehead atoms. The van der Waals surface area contributed by atoms with Crippen molar-refractivity contribution in [1.29, 1.82) is 0 Å². The average molecular weight is 597 g/mol. The van der Waals surface area contributed by atoms with E-state index in [4.69, 9.17) is 0 Å². The molecule has 1 N–H and O–H groups in total. The first-order valence-corrected chi connectivity index (χ1v) is 13.8. The minimum Gasteiger partial charge on any atom is -0.390 e. The van der Waals surface area contributed by atoms with Crippen LogP contribution < -0.4 is 0 Å². The number of aliphatic hydroxyl groups is 1. The first-order chi connectivity index (χ1) is 18.3. The molecule has 2 aromatic rings. The second-order valence-corrected chi connectivity index (χ2v) is 12.5. The molecule has 0 spiro atoms. The van der Waals surface area contributed by atoms with Crippen LogP contribution in [0.1, 0.15) is 60.5 Å². The Morgan fingerprint density at radius 3 is 2.12 bits per heavy atom. The number of nitrogens with zero attached hydrogens (tertiary/aromatic N) is 2. The molecule has 13 heteroatoms. The van der Waals surface area contributed by atoms with Gasteiger partial charge in [-0.3, -0.25) is 4.21 Å². The number of likely N-dealkylation sites (tertiary alicyclic amines) is 1. The molecule has 0 saturated carbocycles. The third-order valence-electron chi connectivity index (χ3n) is 6.65. The number of urea groups is 1. The Kier molecular flexibility index (Phi) is 9.29. The topological polar surface area (TPSA) is 60.9 Å². The average Bonchev–Trinajstić information content (AvgIpc) is 2.81. The van der Waals surface area contributed by atoms with Gasteiger partial charge in [-0.2, -0.15) is 26.3 Å². The number of amides is 2. The number of halogens is 7.